The van der Waals surface area contributed by atoms with E-state index < -0.39 is 5.60 Å². The van der Waals surface area contributed by atoms with Crippen molar-refractivity contribution >= 4 is 22.9 Å². The maximum absolute atomic E-state index is 12.8. The number of imidazole rings is 2. The van der Waals surface area contributed by atoms with Gasteiger partial charge < -0.3 is 25.5 Å². The number of phenols is 1. The van der Waals surface area contributed by atoms with Crippen LogP contribution in [-0.2, 0) is 4.74 Å². The zero-order valence-corrected chi connectivity index (χ0v) is 25.8. The quantitative estimate of drug-likeness (QED) is 0.200. The van der Waals surface area contributed by atoms with Crippen molar-refractivity contribution < 1.29 is 14.6 Å². The van der Waals surface area contributed by atoms with Crippen molar-refractivity contribution in [2.75, 3.05) is 25.9 Å². The number of ether oxygens (including phenoxy) is 1. The van der Waals surface area contributed by atoms with Gasteiger partial charge in [-0.25, -0.2) is 14.8 Å². The fourth-order valence-electron chi connectivity index (χ4n) is 6.65. The topological polar surface area (TPSA) is 136 Å². The highest BCUT2D eigenvalue weighted by Crippen LogP contribution is 2.44. The molecule has 3 aliphatic rings. The van der Waals surface area contributed by atoms with E-state index in [1.165, 1.54) is 12.0 Å². The number of aromatic nitrogens is 4. The lowest BCUT2D eigenvalue weighted by molar-refractivity contribution is 0.0218. The molecule has 6 rings (SSSR count). The van der Waals surface area contributed by atoms with Gasteiger partial charge in [0, 0.05) is 17.7 Å². The summed E-state index contributed by atoms with van der Waals surface area (Å²) in [7, 11) is 2.16. The van der Waals surface area contributed by atoms with Crippen LogP contribution in [0.25, 0.3) is 22.4 Å². The van der Waals surface area contributed by atoms with Crippen LogP contribution < -0.4 is 5.73 Å². The summed E-state index contributed by atoms with van der Waals surface area (Å²) in [6.45, 7) is 9.50. The van der Waals surface area contributed by atoms with Gasteiger partial charge in [-0.1, -0.05) is 25.1 Å². The number of nitrogen functional groups attached to an aromatic ring is 1. The summed E-state index contributed by atoms with van der Waals surface area (Å²) in [5, 5.41) is 11.2. The van der Waals surface area contributed by atoms with Crippen LogP contribution in [0, 0.1) is 5.92 Å². The van der Waals surface area contributed by atoms with E-state index in [1.807, 2.05) is 39.1 Å². The number of benzene rings is 1. The number of likely N-dealkylation sites (tertiary alicyclic amines) is 2. The van der Waals surface area contributed by atoms with Crippen molar-refractivity contribution in [2.24, 2.45) is 5.92 Å². The smallest absolute Gasteiger partial charge is 0.410 e. The van der Waals surface area contributed by atoms with Crippen molar-refractivity contribution in [3.05, 3.63) is 59.6 Å². The van der Waals surface area contributed by atoms with Gasteiger partial charge in [0.15, 0.2) is 0 Å². The third-order valence-corrected chi connectivity index (χ3v) is 8.91. The van der Waals surface area contributed by atoms with Crippen molar-refractivity contribution in [1.82, 2.24) is 29.7 Å². The Morgan fingerprint density at radius 2 is 1.65 bits per heavy atom. The molecule has 2 aromatic heterocycles. The summed E-state index contributed by atoms with van der Waals surface area (Å²) >= 11 is 0. The normalized spacial score (nSPS) is 23.0. The van der Waals surface area contributed by atoms with Gasteiger partial charge in [-0.15, -0.1) is 0 Å². The van der Waals surface area contributed by atoms with E-state index in [2.05, 4.69) is 46.0 Å². The van der Waals surface area contributed by atoms with E-state index in [-0.39, 0.29) is 23.8 Å². The largest absolute Gasteiger partial charge is 0.505 e. The van der Waals surface area contributed by atoms with Crippen LogP contribution in [0.2, 0.25) is 0 Å². The van der Waals surface area contributed by atoms with Gasteiger partial charge in [0.25, 0.3) is 0 Å². The molecule has 10 heteroatoms. The Kier molecular flexibility index (Phi) is 7.58. The number of carbonyl (C=O) groups is 1. The molecule has 5 N–H and O–H groups in total. The lowest BCUT2D eigenvalue weighted by Gasteiger charge is -2.27. The molecule has 2 saturated heterocycles. The van der Waals surface area contributed by atoms with Crippen molar-refractivity contribution in [1.29, 1.82) is 0 Å². The number of allylic oxidation sites excluding steroid dienone is 4. The minimum absolute atomic E-state index is 0.0184. The molecule has 0 bridgehead atoms. The molecule has 10 nitrogen and oxygen atoms in total. The second-order valence-corrected chi connectivity index (χ2v) is 13.2. The first-order chi connectivity index (χ1) is 20.5. The predicted molar refractivity (Wildman–Crippen MR) is 168 cm³/mol. The van der Waals surface area contributed by atoms with Crippen molar-refractivity contribution in [3.63, 3.8) is 0 Å². The van der Waals surface area contributed by atoms with Crippen molar-refractivity contribution in [3.8, 4) is 17.0 Å². The van der Waals surface area contributed by atoms with Gasteiger partial charge >= 0.3 is 6.09 Å². The number of hydrogen-bond acceptors (Lipinski definition) is 7. The first-order valence-corrected chi connectivity index (χ1v) is 15.3. The number of aromatic amines is 2. The Morgan fingerprint density at radius 1 is 1.00 bits per heavy atom. The number of nitrogens with zero attached hydrogens (tertiary/aromatic N) is 4. The van der Waals surface area contributed by atoms with Crippen LogP contribution >= 0.6 is 0 Å². The summed E-state index contributed by atoms with van der Waals surface area (Å²) in [4.78, 5) is 33.0. The van der Waals surface area contributed by atoms with Gasteiger partial charge in [-0.05, 0) is 89.6 Å². The van der Waals surface area contributed by atoms with Crippen molar-refractivity contribution in [2.45, 2.75) is 77.5 Å². The van der Waals surface area contributed by atoms with Crippen LogP contribution in [0.15, 0.2) is 36.7 Å². The lowest BCUT2D eigenvalue weighted by atomic mass is 9.83. The van der Waals surface area contributed by atoms with Gasteiger partial charge in [0.2, 0.25) is 0 Å². The number of nitrogens with one attached hydrogen (secondary N) is 2. The number of amides is 1. The first kappa shape index (κ1) is 29.0. The molecule has 3 atom stereocenters. The predicted octanol–water partition coefficient (Wildman–Crippen LogP) is 6.43. The van der Waals surface area contributed by atoms with Crippen LogP contribution in [0.5, 0.6) is 5.75 Å². The molecule has 3 aromatic rings. The van der Waals surface area contributed by atoms with E-state index in [0.717, 1.165) is 54.9 Å². The van der Waals surface area contributed by atoms with Crippen LogP contribution in [0.1, 0.15) is 94.8 Å². The second kappa shape index (κ2) is 11.2. The summed E-state index contributed by atoms with van der Waals surface area (Å²) in [6, 6.07) is 4.00. The lowest BCUT2D eigenvalue weighted by Crippen LogP contribution is -2.36. The molecule has 1 aromatic carbocycles. The van der Waals surface area contributed by atoms with E-state index in [4.69, 9.17) is 15.5 Å². The highest BCUT2D eigenvalue weighted by atomic mass is 16.6. The molecule has 1 amide bonds. The highest BCUT2D eigenvalue weighted by molar-refractivity contribution is 5.88. The SMILES string of the molecule is CC1CC(c2cnc([C@@H]3CCCN3C)[nH]2)=CC=C1c1ccc(-c2cnc([C@@H]3CCCN3C(=O)OC(C)(C)C)[nH]2)c(O)c1N. The molecule has 228 valence electrons. The zero-order valence-electron chi connectivity index (χ0n) is 25.8. The van der Waals surface area contributed by atoms with Crippen LogP contribution in [0.3, 0.4) is 0 Å². The number of anilines is 1. The Labute approximate surface area is 253 Å². The first-order valence-electron chi connectivity index (χ1n) is 15.3. The molecule has 2 fully saturated rings. The summed E-state index contributed by atoms with van der Waals surface area (Å²) < 4.78 is 5.61. The number of hydrogen-bond donors (Lipinski definition) is 4. The fourth-order valence-corrected chi connectivity index (χ4v) is 6.65. The molecule has 0 spiro atoms. The van der Waals surface area contributed by atoms with E-state index >= 15 is 0 Å². The molecule has 43 heavy (non-hydrogen) atoms. The van der Waals surface area contributed by atoms with Crippen LogP contribution in [0.4, 0.5) is 10.5 Å². The third-order valence-electron chi connectivity index (χ3n) is 8.91. The van der Waals surface area contributed by atoms with Gasteiger partial charge in [-0.2, -0.15) is 0 Å². The summed E-state index contributed by atoms with van der Waals surface area (Å²) in [6.07, 6.45) is 12.4. The number of nitrogens with two attached hydrogens (primary N) is 1. The molecule has 1 aliphatic carbocycles. The van der Waals surface area contributed by atoms with E-state index in [9.17, 15) is 9.90 Å². The molecule has 4 heterocycles. The highest BCUT2D eigenvalue weighted by Gasteiger charge is 2.35. The maximum Gasteiger partial charge on any atom is 0.410 e. The molecular weight excluding hydrogens is 542 g/mol. The standard InChI is InChI=1S/C33H43N7O3/c1-19-16-20(24-17-35-30(37-24)26-8-6-14-39(26)5)10-11-21(19)22-12-13-23(29(41)28(22)34)25-18-36-31(38-25)27-9-7-15-40(27)32(42)43-33(2,3)4/h10-13,17-19,26-27,41H,6-9,14-16,34H2,1-5H3,(H,35,37)(H,36,38)/t19?,26-,27-/m0/s1. The number of aromatic hydroxyl groups is 1. The van der Waals surface area contributed by atoms with E-state index in [0.29, 0.717) is 35.4 Å². The number of phenolic OH excluding ortho intramolecular Hbond substituents is 1. The summed E-state index contributed by atoms with van der Waals surface area (Å²) in [5.74, 6) is 1.93. The Morgan fingerprint density at radius 3 is 2.35 bits per heavy atom. The molecule has 1 unspecified atom stereocenters. The van der Waals surface area contributed by atoms with Gasteiger partial charge in [-0.3, -0.25) is 9.80 Å². The number of rotatable bonds is 5. The van der Waals surface area contributed by atoms with Gasteiger partial charge in [0.1, 0.15) is 23.0 Å². The third kappa shape index (κ3) is 5.68. The minimum Gasteiger partial charge on any atom is -0.505 e. The van der Waals surface area contributed by atoms with E-state index in [1.54, 1.807) is 11.1 Å². The zero-order chi connectivity index (χ0) is 30.5. The Hall–Kier alpha value is -4.05. The Bertz CT molecular complexity index is 1580. The molecule has 0 saturated carbocycles. The van der Waals surface area contributed by atoms with Crippen LogP contribution in [-0.4, -0.2) is 66.7 Å². The number of carbonyl (C=O) groups excluding carboxylic acids is 1. The minimum atomic E-state index is -0.568. The molecular formula is C33H43N7O3. The summed E-state index contributed by atoms with van der Waals surface area (Å²) in [5.41, 5.74) is 11.7. The second-order valence-electron chi connectivity index (χ2n) is 13.2. The number of H-pyrrole nitrogens is 2. The van der Waals surface area contributed by atoms with Gasteiger partial charge in [0.05, 0.1) is 41.6 Å². The fraction of sp³-hybridized carbons (Fsp3) is 0.485. The molecule has 2 aliphatic heterocycles. The molecule has 0 radical (unpaired) electrons. The average Bonchev–Trinajstić information content (AvgIpc) is 3.75. The average molecular weight is 586 g/mol. The maximum atomic E-state index is 12.8. The monoisotopic (exact) mass is 585 g/mol. The Balaban J connectivity index is 1.21.